The van der Waals surface area contributed by atoms with Gasteiger partial charge in [-0.15, -0.1) is 0 Å². The van der Waals surface area contributed by atoms with Crippen LogP contribution in [-0.2, 0) is 4.79 Å². The predicted octanol–water partition coefficient (Wildman–Crippen LogP) is 3.69. The number of halogens is 2. The summed E-state index contributed by atoms with van der Waals surface area (Å²) in [5, 5.41) is 1.16. The molecule has 1 aliphatic carbocycles. The molecule has 0 aliphatic heterocycles. The first-order valence-electron chi connectivity index (χ1n) is 4.58. The third-order valence-corrected chi connectivity index (χ3v) is 3.75. The molecule has 0 spiro atoms. The van der Waals surface area contributed by atoms with Crippen molar-refractivity contribution in [2.75, 3.05) is 0 Å². The lowest BCUT2D eigenvalue weighted by Gasteiger charge is -2.33. The third kappa shape index (κ3) is 1.45. The second-order valence-corrected chi connectivity index (χ2v) is 4.49. The van der Waals surface area contributed by atoms with E-state index in [1.165, 1.54) is 0 Å². The fourth-order valence-electron chi connectivity index (χ4n) is 1.83. The molecule has 1 fully saturated rings. The Morgan fingerprint density at radius 2 is 2.07 bits per heavy atom. The van der Waals surface area contributed by atoms with Gasteiger partial charge in [-0.25, -0.2) is 0 Å². The van der Waals surface area contributed by atoms with E-state index in [1.807, 2.05) is 19.1 Å². The molecule has 0 N–H and O–H groups in total. The van der Waals surface area contributed by atoms with Gasteiger partial charge in [0.1, 0.15) is 5.78 Å². The van der Waals surface area contributed by atoms with Gasteiger partial charge < -0.3 is 0 Å². The van der Waals surface area contributed by atoms with Gasteiger partial charge in [0, 0.05) is 18.3 Å². The highest BCUT2D eigenvalue weighted by atomic mass is 35.5. The molecule has 0 saturated heterocycles. The molecule has 1 aromatic carbocycles. The number of hydrogen-bond donors (Lipinski definition) is 0. The SMILES string of the molecule is CC1C(=O)CC1c1cccc(Cl)c1Cl. The predicted molar refractivity (Wildman–Crippen MR) is 58.0 cm³/mol. The molecule has 74 valence electrons. The Morgan fingerprint density at radius 3 is 2.64 bits per heavy atom. The summed E-state index contributed by atoms with van der Waals surface area (Å²) in [5.74, 6) is 0.658. The van der Waals surface area contributed by atoms with E-state index in [1.54, 1.807) is 6.07 Å². The van der Waals surface area contributed by atoms with Crippen LogP contribution in [0.1, 0.15) is 24.8 Å². The van der Waals surface area contributed by atoms with E-state index in [-0.39, 0.29) is 11.8 Å². The van der Waals surface area contributed by atoms with E-state index in [0.717, 1.165) is 5.56 Å². The largest absolute Gasteiger partial charge is 0.299 e. The van der Waals surface area contributed by atoms with Crippen LogP contribution in [-0.4, -0.2) is 5.78 Å². The van der Waals surface area contributed by atoms with Crippen LogP contribution in [0.4, 0.5) is 0 Å². The van der Waals surface area contributed by atoms with Gasteiger partial charge in [-0.05, 0) is 11.6 Å². The second kappa shape index (κ2) is 3.56. The highest BCUT2D eigenvalue weighted by Gasteiger charge is 2.38. The maximum atomic E-state index is 11.1. The zero-order valence-electron chi connectivity index (χ0n) is 7.76. The number of ketones is 1. The van der Waals surface area contributed by atoms with Crippen LogP contribution in [0.25, 0.3) is 0 Å². The Hall–Kier alpha value is -0.530. The van der Waals surface area contributed by atoms with Crippen LogP contribution in [0, 0.1) is 5.92 Å². The topological polar surface area (TPSA) is 17.1 Å². The molecule has 1 nitrogen and oxygen atoms in total. The summed E-state index contributed by atoms with van der Waals surface area (Å²) in [6, 6.07) is 5.58. The van der Waals surface area contributed by atoms with Gasteiger partial charge in [0.05, 0.1) is 10.0 Å². The molecular weight excluding hydrogens is 219 g/mol. The van der Waals surface area contributed by atoms with E-state index in [0.29, 0.717) is 22.2 Å². The highest BCUT2D eigenvalue weighted by molar-refractivity contribution is 6.42. The van der Waals surface area contributed by atoms with E-state index >= 15 is 0 Å². The standard InChI is InChI=1S/C11H10Cl2O/c1-6-8(5-10(6)14)7-3-2-4-9(12)11(7)13/h2-4,6,8H,5H2,1H3. The molecule has 2 atom stereocenters. The Balaban J connectivity index is 2.34. The molecule has 1 saturated carbocycles. The van der Waals surface area contributed by atoms with E-state index in [2.05, 4.69) is 0 Å². The van der Waals surface area contributed by atoms with Crippen LogP contribution >= 0.6 is 23.2 Å². The summed E-state index contributed by atoms with van der Waals surface area (Å²) in [4.78, 5) is 11.1. The second-order valence-electron chi connectivity index (χ2n) is 3.71. The molecular formula is C11H10Cl2O. The number of rotatable bonds is 1. The van der Waals surface area contributed by atoms with Crippen LogP contribution in [0.2, 0.25) is 10.0 Å². The normalized spacial score (nSPS) is 26.1. The molecule has 0 aromatic heterocycles. The first-order chi connectivity index (χ1) is 6.61. The molecule has 2 rings (SSSR count). The summed E-state index contributed by atoms with van der Waals surface area (Å²) in [6.07, 6.45) is 0.598. The van der Waals surface area contributed by atoms with Crippen molar-refractivity contribution in [1.82, 2.24) is 0 Å². The van der Waals surface area contributed by atoms with Gasteiger partial charge in [0.25, 0.3) is 0 Å². The molecule has 0 heterocycles. The van der Waals surface area contributed by atoms with Crippen molar-refractivity contribution in [2.45, 2.75) is 19.3 Å². The Morgan fingerprint density at radius 1 is 1.36 bits per heavy atom. The van der Waals surface area contributed by atoms with Crippen molar-refractivity contribution >= 4 is 29.0 Å². The zero-order valence-corrected chi connectivity index (χ0v) is 9.27. The fraction of sp³-hybridized carbons (Fsp3) is 0.364. The fourth-order valence-corrected chi connectivity index (χ4v) is 2.28. The van der Waals surface area contributed by atoms with Gasteiger partial charge in [-0.3, -0.25) is 4.79 Å². The highest BCUT2D eigenvalue weighted by Crippen LogP contribution is 2.43. The monoisotopic (exact) mass is 228 g/mol. The van der Waals surface area contributed by atoms with Crippen LogP contribution in [0.5, 0.6) is 0 Å². The molecule has 0 bridgehead atoms. The average Bonchev–Trinajstić information content (AvgIpc) is 2.19. The van der Waals surface area contributed by atoms with Gasteiger partial charge >= 0.3 is 0 Å². The zero-order chi connectivity index (χ0) is 10.3. The summed E-state index contributed by atoms with van der Waals surface area (Å²) in [7, 11) is 0. The summed E-state index contributed by atoms with van der Waals surface area (Å²) in [6.45, 7) is 1.94. The molecule has 2 unspecified atom stereocenters. The van der Waals surface area contributed by atoms with Crippen molar-refractivity contribution in [1.29, 1.82) is 0 Å². The van der Waals surface area contributed by atoms with Crippen molar-refractivity contribution in [2.24, 2.45) is 5.92 Å². The van der Waals surface area contributed by atoms with Crippen LogP contribution in [0.3, 0.4) is 0 Å². The van der Waals surface area contributed by atoms with Crippen molar-refractivity contribution in [3.8, 4) is 0 Å². The van der Waals surface area contributed by atoms with Crippen LogP contribution in [0.15, 0.2) is 18.2 Å². The number of benzene rings is 1. The van der Waals surface area contributed by atoms with Gasteiger partial charge in [-0.1, -0.05) is 42.3 Å². The molecule has 0 amide bonds. The number of carbonyl (C=O) groups is 1. The quantitative estimate of drug-likeness (QED) is 0.717. The minimum atomic E-state index is 0.0889. The van der Waals surface area contributed by atoms with Crippen LogP contribution < -0.4 is 0 Å². The minimum absolute atomic E-state index is 0.0889. The van der Waals surface area contributed by atoms with Crippen molar-refractivity contribution in [3.05, 3.63) is 33.8 Å². The summed E-state index contributed by atoms with van der Waals surface area (Å²) >= 11 is 12.0. The smallest absolute Gasteiger partial charge is 0.136 e. The third-order valence-electron chi connectivity index (χ3n) is 2.91. The van der Waals surface area contributed by atoms with Gasteiger partial charge in [-0.2, -0.15) is 0 Å². The lowest BCUT2D eigenvalue weighted by Crippen LogP contribution is -2.32. The maximum Gasteiger partial charge on any atom is 0.136 e. The molecule has 3 heteroatoms. The Kier molecular flexibility index (Phi) is 2.54. The number of carbonyl (C=O) groups excluding carboxylic acids is 1. The molecule has 1 aromatic rings. The van der Waals surface area contributed by atoms with E-state index < -0.39 is 0 Å². The Bertz CT molecular complexity index is 387. The number of hydrogen-bond acceptors (Lipinski definition) is 1. The maximum absolute atomic E-state index is 11.1. The average molecular weight is 229 g/mol. The van der Waals surface area contributed by atoms with Crippen molar-refractivity contribution < 1.29 is 4.79 Å². The van der Waals surface area contributed by atoms with Crippen molar-refractivity contribution in [3.63, 3.8) is 0 Å². The summed E-state index contributed by atoms with van der Waals surface area (Å²) < 4.78 is 0. The van der Waals surface area contributed by atoms with Gasteiger partial charge in [0.2, 0.25) is 0 Å². The molecule has 1 aliphatic rings. The molecule has 0 radical (unpaired) electrons. The first-order valence-corrected chi connectivity index (χ1v) is 5.33. The summed E-state index contributed by atoms with van der Waals surface area (Å²) in [5.41, 5.74) is 1.01. The minimum Gasteiger partial charge on any atom is -0.299 e. The first kappa shape index (κ1) is 10.0. The van der Waals surface area contributed by atoms with Gasteiger partial charge in [0.15, 0.2) is 0 Å². The number of Topliss-reactive ketones (excluding diaryl/α,β-unsaturated/α-hetero) is 1. The Labute approximate surface area is 93.0 Å². The lowest BCUT2D eigenvalue weighted by molar-refractivity contribution is -0.130. The van der Waals surface area contributed by atoms with E-state index in [9.17, 15) is 4.79 Å². The van der Waals surface area contributed by atoms with E-state index in [4.69, 9.17) is 23.2 Å². The molecule has 14 heavy (non-hydrogen) atoms. The lowest BCUT2D eigenvalue weighted by atomic mass is 9.70.